The number of hydrogen-bond acceptors (Lipinski definition) is 4. The molecule has 6 nitrogen and oxygen atoms in total. The summed E-state index contributed by atoms with van der Waals surface area (Å²) in [4.78, 5) is 20.6. The number of imidazole rings is 1. The number of nitrogens with two attached hydrogens (primary N) is 1. The van der Waals surface area contributed by atoms with Crippen LogP contribution in [0.1, 0.15) is 32.9 Å². The van der Waals surface area contributed by atoms with Crippen molar-refractivity contribution in [3.63, 3.8) is 0 Å². The van der Waals surface area contributed by atoms with Crippen LogP contribution in [0.5, 0.6) is 0 Å². The van der Waals surface area contributed by atoms with Gasteiger partial charge >= 0.3 is 5.97 Å². The average Bonchev–Trinajstić information content (AvgIpc) is 3.04. The van der Waals surface area contributed by atoms with Crippen LogP contribution in [0.2, 0.25) is 0 Å². The summed E-state index contributed by atoms with van der Waals surface area (Å²) in [6.07, 6.45) is 5.78. The van der Waals surface area contributed by atoms with Crippen molar-refractivity contribution in [3.8, 4) is 5.82 Å². The van der Waals surface area contributed by atoms with Crippen LogP contribution in [0.4, 0.5) is 0 Å². The molecule has 2 aromatic rings. The highest BCUT2D eigenvalue weighted by Gasteiger charge is 2.43. The predicted molar refractivity (Wildman–Crippen MR) is 88.3 cm³/mol. The monoisotopic (exact) mass is 316 g/mol. The van der Waals surface area contributed by atoms with Crippen molar-refractivity contribution in [2.45, 2.75) is 32.6 Å². The van der Waals surface area contributed by atoms with Crippen LogP contribution in [0.15, 0.2) is 36.9 Å². The van der Waals surface area contributed by atoms with Crippen LogP contribution < -0.4 is 5.73 Å². The number of carboxylic acids is 1. The highest BCUT2D eigenvalue weighted by molar-refractivity contribution is 5.80. The number of pyridine rings is 1. The number of carbonyl (C=O) groups is 1. The van der Waals surface area contributed by atoms with Crippen molar-refractivity contribution in [1.29, 1.82) is 0 Å². The molecule has 0 bridgehead atoms. The Morgan fingerprint density at radius 1 is 1.39 bits per heavy atom. The molecule has 0 fully saturated rings. The lowest BCUT2D eigenvalue weighted by Crippen LogP contribution is -2.40. The first-order chi connectivity index (χ1) is 10.9. The van der Waals surface area contributed by atoms with Crippen molar-refractivity contribution in [1.82, 2.24) is 14.5 Å². The Morgan fingerprint density at radius 2 is 2.13 bits per heavy atom. The smallest absolute Gasteiger partial charge is 0.315 e. The molecule has 0 spiro atoms. The van der Waals surface area contributed by atoms with Crippen LogP contribution in [0, 0.1) is 11.8 Å². The van der Waals surface area contributed by atoms with Gasteiger partial charge in [0, 0.05) is 12.4 Å². The summed E-state index contributed by atoms with van der Waals surface area (Å²) in [5.74, 6) is 0.00893. The third kappa shape index (κ3) is 3.42. The third-order valence-corrected chi connectivity index (χ3v) is 4.62. The Labute approximate surface area is 136 Å². The molecule has 0 saturated carbocycles. The molecular formula is C17H24N4O2. The van der Waals surface area contributed by atoms with Gasteiger partial charge in [-0.15, -0.1) is 0 Å². The highest BCUT2D eigenvalue weighted by Crippen LogP contribution is 2.35. The topological polar surface area (TPSA) is 94.0 Å². The Bertz CT molecular complexity index is 656. The van der Waals surface area contributed by atoms with Crippen molar-refractivity contribution < 1.29 is 9.90 Å². The molecule has 0 saturated heterocycles. The Balaban J connectivity index is 2.35. The van der Waals surface area contributed by atoms with E-state index in [1.165, 1.54) is 0 Å². The summed E-state index contributed by atoms with van der Waals surface area (Å²) < 4.78 is 1.75. The second-order valence-electron chi connectivity index (χ2n) is 6.34. The fourth-order valence-electron chi connectivity index (χ4n) is 2.73. The van der Waals surface area contributed by atoms with Gasteiger partial charge in [0.25, 0.3) is 0 Å². The largest absolute Gasteiger partial charge is 0.481 e. The Morgan fingerprint density at radius 3 is 2.70 bits per heavy atom. The van der Waals surface area contributed by atoms with Gasteiger partial charge in [0.1, 0.15) is 17.6 Å². The number of carboxylic acid groups (broad SMARTS) is 1. The van der Waals surface area contributed by atoms with E-state index >= 15 is 0 Å². The van der Waals surface area contributed by atoms with E-state index in [0.29, 0.717) is 18.1 Å². The van der Waals surface area contributed by atoms with Gasteiger partial charge < -0.3 is 10.8 Å². The first-order valence-corrected chi connectivity index (χ1v) is 7.79. The van der Waals surface area contributed by atoms with Gasteiger partial charge in [0.15, 0.2) is 0 Å². The van der Waals surface area contributed by atoms with Gasteiger partial charge in [-0.1, -0.05) is 19.9 Å². The zero-order valence-corrected chi connectivity index (χ0v) is 13.8. The summed E-state index contributed by atoms with van der Waals surface area (Å²) >= 11 is 0. The van der Waals surface area contributed by atoms with Gasteiger partial charge in [-0.25, -0.2) is 9.97 Å². The maximum absolute atomic E-state index is 12.0. The summed E-state index contributed by atoms with van der Waals surface area (Å²) in [6, 6.07) is 5.56. The van der Waals surface area contributed by atoms with E-state index in [4.69, 9.17) is 5.73 Å². The van der Waals surface area contributed by atoms with Crippen molar-refractivity contribution in [2.24, 2.45) is 17.6 Å². The molecule has 0 aliphatic carbocycles. The molecule has 2 aromatic heterocycles. The summed E-state index contributed by atoms with van der Waals surface area (Å²) in [5.41, 5.74) is 5.15. The molecule has 3 N–H and O–H groups in total. The standard InChI is InChI=1S/C17H24N4O2/c1-12(9-18)8-13(2)17(3,16(22)23)14-10-21(11-20-14)15-6-4-5-7-19-15/h4-7,10-13H,8-9,18H2,1-3H3,(H,22,23)/t12-,13+,17+/m1/s1. The van der Waals surface area contributed by atoms with Crippen LogP contribution in [-0.2, 0) is 10.2 Å². The molecular weight excluding hydrogens is 292 g/mol. The lowest BCUT2D eigenvalue weighted by molar-refractivity contribution is -0.145. The molecule has 2 heterocycles. The second-order valence-corrected chi connectivity index (χ2v) is 6.34. The quantitative estimate of drug-likeness (QED) is 0.817. The summed E-state index contributed by atoms with van der Waals surface area (Å²) in [5, 5.41) is 9.83. The van der Waals surface area contributed by atoms with Gasteiger partial charge in [-0.2, -0.15) is 0 Å². The van der Waals surface area contributed by atoms with Crippen LogP contribution in [0.3, 0.4) is 0 Å². The lowest BCUT2D eigenvalue weighted by Gasteiger charge is -2.31. The van der Waals surface area contributed by atoms with Gasteiger partial charge in [-0.3, -0.25) is 9.36 Å². The number of aliphatic carboxylic acids is 1. The fraction of sp³-hybridized carbons (Fsp3) is 0.471. The maximum Gasteiger partial charge on any atom is 0.315 e. The van der Waals surface area contributed by atoms with E-state index in [0.717, 1.165) is 6.42 Å². The number of nitrogens with zero attached hydrogens (tertiary/aromatic N) is 3. The number of rotatable bonds is 7. The molecule has 124 valence electrons. The zero-order valence-electron chi connectivity index (χ0n) is 13.8. The molecule has 23 heavy (non-hydrogen) atoms. The summed E-state index contributed by atoms with van der Waals surface area (Å²) in [6.45, 7) is 6.25. The van der Waals surface area contributed by atoms with E-state index in [1.807, 2.05) is 32.0 Å². The van der Waals surface area contributed by atoms with E-state index in [1.54, 1.807) is 30.2 Å². The van der Waals surface area contributed by atoms with Gasteiger partial charge in [-0.05, 0) is 43.9 Å². The van der Waals surface area contributed by atoms with Gasteiger partial charge in [0.2, 0.25) is 0 Å². The molecule has 0 unspecified atom stereocenters. The average molecular weight is 316 g/mol. The minimum atomic E-state index is -1.07. The van der Waals surface area contributed by atoms with Crippen LogP contribution in [-0.4, -0.2) is 32.2 Å². The van der Waals surface area contributed by atoms with Crippen LogP contribution >= 0.6 is 0 Å². The van der Waals surface area contributed by atoms with Crippen molar-refractivity contribution in [3.05, 3.63) is 42.6 Å². The SMILES string of the molecule is C[C@@H](CN)C[C@H](C)[C@](C)(C(=O)O)c1cn(-c2ccccn2)cn1. The highest BCUT2D eigenvalue weighted by atomic mass is 16.4. The molecule has 0 aromatic carbocycles. The molecule has 0 aliphatic heterocycles. The van der Waals surface area contributed by atoms with E-state index in [9.17, 15) is 9.90 Å². The lowest BCUT2D eigenvalue weighted by atomic mass is 9.72. The normalized spacial score (nSPS) is 16.5. The molecule has 0 radical (unpaired) electrons. The van der Waals surface area contributed by atoms with Crippen LogP contribution in [0.25, 0.3) is 5.82 Å². The summed E-state index contributed by atoms with van der Waals surface area (Å²) in [7, 11) is 0. The fourth-order valence-corrected chi connectivity index (χ4v) is 2.73. The zero-order chi connectivity index (χ0) is 17.0. The first-order valence-electron chi connectivity index (χ1n) is 7.79. The molecule has 2 rings (SSSR count). The van der Waals surface area contributed by atoms with Crippen molar-refractivity contribution in [2.75, 3.05) is 6.54 Å². The number of hydrogen-bond donors (Lipinski definition) is 2. The minimum absolute atomic E-state index is 0.0920. The van der Waals surface area contributed by atoms with E-state index in [-0.39, 0.29) is 11.8 Å². The Kier molecular flexibility index (Phi) is 5.15. The van der Waals surface area contributed by atoms with Crippen molar-refractivity contribution >= 4 is 5.97 Å². The van der Waals surface area contributed by atoms with Gasteiger partial charge in [0.05, 0.1) is 5.69 Å². The molecule has 0 aliphatic rings. The Hall–Kier alpha value is -2.21. The second kappa shape index (κ2) is 6.91. The third-order valence-electron chi connectivity index (χ3n) is 4.62. The molecule has 6 heteroatoms. The first kappa shape index (κ1) is 17.1. The minimum Gasteiger partial charge on any atom is -0.481 e. The molecule has 0 amide bonds. The maximum atomic E-state index is 12.0. The predicted octanol–water partition coefficient (Wildman–Crippen LogP) is 2.23. The molecule has 3 atom stereocenters. The number of aromatic nitrogens is 3. The van der Waals surface area contributed by atoms with E-state index in [2.05, 4.69) is 9.97 Å². The van der Waals surface area contributed by atoms with E-state index < -0.39 is 11.4 Å².